The lowest BCUT2D eigenvalue weighted by Gasteiger charge is -2.34. The summed E-state index contributed by atoms with van der Waals surface area (Å²) in [6.45, 7) is 1.15. The van der Waals surface area contributed by atoms with E-state index >= 15 is 0 Å². The molecule has 0 saturated carbocycles. The monoisotopic (exact) mass is 352 g/mol. The zero-order valence-corrected chi connectivity index (χ0v) is 14.3. The van der Waals surface area contributed by atoms with Gasteiger partial charge < -0.3 is 14.9 Å². The molecular formula is C17H21ClN2O4. The van der Waals surface area contributed by atoms with Crippen LogP contribution in [0.4, 0.5) is 0 Å². The van der Waals surface area contributed by atoms with E-state index in [-0.39, 0.29) is 30.7 Å². The molecular weight excluding hydrogens is 332 g/mol. The zero-order chi connectivity index (χ0) is 17.7. The second kappa shape index (κ2) is 8.15. The van der Waals surface area contributed by atoms with Gasteiger partial charge in [-0.05, 0) is 37.1 Å². The van der Waals surface area contributed by atoms with E-state index in [1.807, 2.05) is 0 Å². The topological polar surface area (TPSA) is 77.9 Å². The summed E-state index contributed by atoms with van der Waals surface area (Å²) in [4.78, 5) is 38.7. The minimum absolute atomic E-state index is 0.0810. The van der Waals surface area contributed by atoms with Gasteiger partial charge in [-0.2, -0.15) is 0 Å². The Morgan fingerprint density at radius 2 is 1.96 bits per heavy atom. The van der Waals surface area contributed by atoms with Gasteiger partial charge in [0.05, 0.1) is 12.3 Å². The third kappa shape index (κ3) is 4.71. The molecule has 1 aliphatic rings. The van der Waals surface area contributed by atoms with E-state index in [4.69, 9.17) is 16.7 Å². The number of carbonyl (C=O) groups is 3. The Labute approximate surface area is 146 Å². The van der Waals surface area contributed by atoms with Gasteiger partial charge in [-0.25, -0.2) is 0 Å². The van der Waals surface area contributed by atoms with Gasteiger partial charge in [-0.3, -0.25) is 14.4 Å². The lowest BCUT2D eigenvalue weighted by Crippen LogP contribution is -2.46. The maximum atomic E-state index is 12.5. The average molecular weight is 353 g/mol. The van der Waals surface area contributed by atoms with Crippen LogP contribution >= 0.6 is 11.6 Å². The first kappa shape index (κ1) is 18.3. The number of benzene rings is 1. The quantitative estimate of drug-likeness (QED) is 0.880. The smallest absolute Gasteiger partial charge is 0.305 e. The van der Waals surface area contributed by atoms with E-state index in [0.717, 1.165) is 6.42 Å². The van der Waals surface area contributed by atoms with Crippen LogP contribution in [0.2, 0.25) is 5.02 Å². The lowest BCUT2D eigenvalue weighted by molar-refractivity contribution is -0.139. The number of hydrogen-bond donors (Lipinski definition) is 1. The number of nitrogens with zero attached hydrogens (tertiary/aromatic N) is 2. The number of piperidine rings is 1. The molecule has 0 spiro atoms. The van der Waals surface area contributed by atoms with Gasteiger partial charge in [0, 0.05) is 37.3 Å². The normalized spacial score (nSPS) is 17.4. The molecule has 24 heavy (non-hydrogen) atoms. The van der Waals surface area contributed by atoms with Crippen molar-refractivity contribution in [3.05, 3.63) is 34.9 Å². The molecule has 1 N–H and O–H groups in total. The summed E-state index contributed by atoms with van der Waals surface area (Å²) in [6, 6.07) is 6.69. The first-order valence-electron chi connectivity index (χ1n) is 7.90. The molecule has 1 atom stereocenters. The molecule has 6 nitrogen and oxygen atoms in total. The molecule has 2 amide bonds. The Morgan fingerprint density at radius 1 is 1.29 bits per heavy atom. The summed E-state index contributed by atoms with van der Waals surface area (Å²) < 4.78 is 0. The summed E-state index contributed by atoms with van der Waals surface area (Å²) in [5, 5.41) is 9.28. The molecule has 1 aliphatic heterocycles. The summed E-state index contributed by atoms with van der Waals surface area (Å²) in [6.07, 6.45) is 1.38. The number of aliphatic carboxylic acids is 1. The molecule has 0 aliphatic carbocycles. The zero-order valence-electron chi connectivity index (χ0n) is 13.6. The average Bonchev–Trinajstić information content (AvgIpc) is 2.59. The van der Waals surface area contributed by atoms with Gasteiger partial charge in [0.1, 0.15) is 0 Å². The van der Waals surface area contributed by atoms with Crippen LogP contribution in [-0.4, -0.2) is 59.4 Å². The molecule has 1 unspecified atom stereocenters. The van der Waals surface area contributed by atoms with Gasteiger partial charge in [-0.15, -0.1) is 0 Å². The number of carboxylic acids is 1. The van der Waals surface area contributed by atoms with Crippen LogP contribution in [0.3, 0.4) is 0 Å². The van der Waals surface area contributed by atoms with Gasteiger partial charge in [0.2, 0.25) is 5.91 Å². The van der Waals surface area contributed by atoms with Crippen molar-refractivity contribution in [1.82, 2.24) is 9.80 Å². The third-order valence-corrected chi connectivity index (χ3v) is 4.44. The highest BCUT2D eigenvalue weighted by Gasteiger charge is 2.30. The van der Waals surface area contributed by atoms with E-state index in [1.165, 1.54) is 4.90 Å². The number of hydrogen-bond acceptors (Lipinski definition) is 3. The van der Waals surface area contributed by atoms with Crippen molar-refractivity contribution in [3.8, 4) is 0 Å². The minimum Gasteiger partial charge on any atom is -0.481 e. The number of halogens is 1. The van der Waals surface area contributed by atoms with Gasteiger partial charge in [0.15, 0.2) is 0 Å². The fourth-order valence-corrected chi connectivity index (χ4v) is 2.95. The molecule has 0 radical (unpaired) electrons. The summed E-state index contributed by atoms with van der Waals surface area (Å²) in [5.41, 5.74) is 0.548. The number of carboxylic acid groups (broad SMARTS) is 1. The van der Waals surface area contributed by atoms with E-state index in [2.05, 4.69) is 0 Å². The van der Waals surface area contributed by atoms with E-state index in [9.17, 15) is 14.4 Å². The highest BCUT2D eigenvalue weighted by molar-refractivity contribution is 6.30. The fraction of sp³-hybridized carbons (Fsp3) is 0.471. The Balaban J connectivity index is 1.97. The lowest BCUT2D eigenvalue weighted by atomic mass is 9.96. The number of likely N-dealkylation sites (tertiary alicyclic amines) is 1. The van der Waals surface area contributed by atoms with Crippen molar-refractivity contribution in [3.63, 3.8) is 0 Å². The summed E-state index contributed by atoms with van der Waals surface area (Å²) in [5.74, 6) is -1.44. The van der Waals surface area contributed by atoms with Crippen molar-refractivity contribution in [2.75, 3.05) is 26.7 Å². The molecule has 2 rings (SSSR count). The molecule has 1 fully saturated rings. The van der Waals surface area contributed by atoms with Crippen LogP contribution in [-0.2, 0) is 9.59 Å². The highest BCUT2D eigenvalue weighted by Crippen LogP contribution is 2.21. The molecule has 130 valence electrons. The molecule has 0 aromatic heterocycles. The predicted octanol–water partition coefficient (Wildman–Crippen LogP) is 2.13. The molecule has 1 saturated heterocycles. The van der Waals surface area contributed by atoms with Crippen LogP contribution in [0.5, 0.6) is 0 Å². The van der Waals surface area contributed by atoms with E-state index in [1.54, 1.807) is 36.2 Å². The maximum Gasteiger partial charge on any atom is 0.305 e. The molecule has 1 heterocycles. The Bertz CT molecular complexity index is 618. The van der Waals surface area contributed by atoms with E-state index < -0.39 is 5.97 Å². The van der Waals surface area contributed by atoms with Crippen LogP contribution < -0.4 is 0 Å². The number of carbonyl (C=O) groups excluding carboxylic acids is 2. The van der Waals surface area contributed by atoms with Crippen LogP contribution in [0.1, 0.15) is 29.6 Å². The SMILES string of the molecule is CN(CCC(=O)O)C(=O)C1CCCN(C(=O)c2ccc(Cl)cc2)C1. The third-order valence-electron chi connectivity index (χ3n) is 4.19. The van der Waals surface area contributed by atoms with Crippen molar-refractivity contribution < 1.29 is 19.5 Å². The number of amides is 2. The Hall–Kier alpha value is -2.08. The van der Waals surface area contributed by atoms with Crippen molar-refractivity contribution >= 4 is 29.4 Å². The predicted molar refractivity (Wildman–Crippen MR) is 90.0 cm³/mol. The Morgan fingerprint density at radius 3 is 2.58 bits per heavy atom. The van der Waals surface area contributed by atoms with Gasteiger partial charge >= 0.3 is 5.97 Å². The van der Waals surface area contributed by atoms with E-state index in [0.29, 0.717) is 30.1 Å². The second-order valence-corrected chi connectivity index (χ2v) is 6.44. The first-order chi connectivity index (χ1) is 11.4. The van der Waals surface area contributed by atoms with Crippen LogP contribution in [0, 0.1) is 5.92 Å². The molecule has 1 aromatic carbocycles. The minimum atomic E-state index is -0.933. The highest BCUT2D eigenvalue weighted by atomic mass is 35.5. The summed E-state index contributed by atoms with van der Waals surface area (Å²) in [7, 11) is 1.60. The maximum absolute atomic E-state index is 12.5. The van der Waals surface area contributed by atoms with Crippen molar-refractivity contribution in [2.45, 2.75) is 19.3 Å². The Kier molecular flexibility index (Phi) is 6.20. The van der Waals surface area contributed by atoms with Gasteiger partial charge in [-0.1, -0.05) is 11.6 Å². The largest absolute Gasteiger partial charge is 0.481 e. The standard InChI is InChI=1S/C17H21ClN2O4/c1-19(10-8-15(21)22)16(23)13-3-2-9-20(11-13)17(24)12-4-6-14(18)7-5-12/h4-7,13H,2-3,8-11H2,1H3,(H,21,22). The van der Waals surface area contributed by atoms with Crippen LogP contribution in [0.15, 0.2) is 24.3 Å². The van der Waals surface area contributed by atoms with Crippen LogP contribution in [0.25, 0.3) is 0 Å². The summed E-state index contributed by atoms with van der Waals surface area (Å²) >= 11 is 5.84. The van der Waals surface area contributed by atoms with Crippen molar-refractivity contribution in [2.24, 2.45) is 5.92 Å². The number of rotatable bonds is 5. The molecule has 1 aromatic rings. The second-order valence-electron chi connectivity index (χ2n) is 6.00. The van der Waals surface area contributed by atoms with Crippen molar-refractivity contribution in [1.29, 1.82) is 0 Å². The van der Waals surface area contributed by atoms with Gasteiger partial charge in [0.25, 0.3) is 5.91 Å². The first-order valence-corrected chi connectivity index (χ1v) is 8.28. The fourth-order valence-electron chi connectivity index (χ4n) is 2.82. The molecule has 7 heteroatoms. The molecule has 0 bridgehead atoms.